The zero-order valence-electron chi connectivity index (χ0n) is 14.5. The van der Waals surface area contributed by atoms with E-state index in [-0.39, 0.29) is 6.61 Å². The number of H-pyrrole nitrogens is 1. The second kappa shape index (κ2) is 7.65. The Morgan fingerprint density at radius 2 is 1.81 bits per heavy atom. The number of ether oxygens (including phenoxy) is 2. The first kappa shape index (κ1) is 17.4. The zero-order chi connectivity index (χ0) is 18.5. The van der Waals surface area contributed by atoms with Gasteiger partial charge in [-0.15, -0.1) is 0 Å². The summed E-state index contributed by atoms with van der Waals surface area (Å²) in [4.78, 5) is 31.3. The Bertz CT molecular complexity index is 971. The third-order valence-electron chi connectivity index (χ3n) is 3.83. The Kier molecular flexibility index (Phi) is 5.12. The van der Waals surface area contributed by atoms with E-state index in [1.165, 1.54) is 7.11 Å². The van der Waals surface area contributed by atoms with Crippen molar-refractivity contribution in [3.05, 3.63) is 65.4 Å². The van der Waals surface area contributed by atoms with Crippen molar-refractivity contribution in [1.82, 2.24) is 4.98 Å². The van der Waals surface area contributed by atoms with Gasteiger partial charge in [-0.2, -0.15) is 0 Å². The van der Waals surface area contributed by atoms with Crippen LogP contribution in [0.5, 0.6) is 0 Å². The van der Waals surface area contributed by atoms with Crippen molar-refractivity contribution in [3.8, 4) is 0 Å². The molecule has 0 bridgehead atoms. The van der Waals surface area contributed by atoms with E-state index in [1.54, 1.807) is 37.4 Å². The van der Waals surface area contributed by atoms with E-state index in [2.05, 4.69) is 14.7 Å². The minimum Gasteiger partial charge on any atom is -0.465 e. The largest absolute Gasteiger partial charge is 0.465 e. The van der Waals surface area contributed by atoms with Crippen LogP contribution in [0.1, 0.15) is 33.3 Å². The molecule has 0 aliphatic heterocycles. The molecule has 1 aromatic heterocycles. The number of carbonyl (C=O) groups is 2. The fourth-order valence-corrected chi connectivity index (χ4v) is 2.57. The molecular weight excluding hydrogens is 332 g/mol. The monoisotopic (exact) mass is 350 g/mol. The summed E-state index contributed by atoms with van der Waals surface area (Å²) in [6.07, 6.45) is 1.64. The smallest absolute Gasteiger partial charge is 0.357 e. The molecule has 0 saturated carbocycles. The Morgan fingerprint density at radius 1 is 1.08 bits per heavy atom. The minimum atomic E-state index is -0.447. The summed E-state index contributed by atoms with van der Waals surface area (Å²) in [5.74, 6) is -0.841. The predicted octanol–water partition coefficient (Wildman–Crippen LogP) is 3.88. The number of nitrogens with one attached hydrogen (secondary N) is 1. The van der Waals surface area contributed by atoms with Crippen molar-refractivity contribution in [2.75, 3.05) is 13.7 Å². The third-order valence-corrected chi connectivity index (χ3v) is 3.83. The number of esters is 2. The molecule has 6 nitrogen and oxygen atoms in total. The summed E-state index contributed by atoms with van der Waals surface area (Å²) in [7, 11) is 1.34. The molecule has 1 heterocycles. The molecule has 0 aliphatic rings. The lowest BCUT2D eigenvalue weighted by Crippen LogP contribution is -2.05. The van der Waals surface area contributed by atoms with Gasteiger partial charge >= 0.3 is 11.9 Å². The van der Waals surface area contributed by atoms with Gasteiger partial charge in [-0.05, 0) is 30.7 Å². The summed E-state index contributed by atoms with van der Waals surface area (Å²) in [6, 6.07) is 14.4. The lowest BCUT2D eigenvalue weighted by molar-refractivity contribution is 0.0520. The molecule has 26 heavy (non-hydrogen) atoms. The van der Waals surface area contributed by atoms with Crippen LogP contribution in [0.2, 0.25) is 0 Å². The molecule has 0 saturated heterocycles. The number of fused-ring (bicyclic) bond motifs is 1. The van der Waals surface area contributed by atoms with Gasteiger partial charge in [0.25, 0.3) is 0 Å². The van der Waals surface area contributed by atoms with Crippen molar-refractivity contribution in [2.24, 2.45) is 4.99 Å². The third kappa shape index (κ3) is 3.49. The molecule has 0 radical (unpaired) electrons. The van der Waals surface area contributed by atoms with E-state index in [0.717, 1.165) is 16.5 Å². The van der Waals surface area contributed by atoms with E-state index in [0.29, 0.717) is 16.9 Å². The first-order valence-corrected chi connectivity index (χ1v) is 8.14. The number of nitrogens with zero attached hydrogens (tertiary/aromatic N) is 1. The van der Waals surface area contributed by atoms with Crippen LogP contribution in [0.15, 0.2) is 53.5 Å². The van der Waals surface area contributed by atoms with Crippen LogP contribution >= 0.6 is 0 Å². The Hall–Kier alpha value is -3.41. The van der Waals surface area contributed by atoms with E-state index in [9.17, 15) is 9.59 Å². The molecule has 0 amide bonds. The van der Waals surface area contributed by atoms with Crippen molar-refractivity contribution in [3.63, 3.8) is 0 Å². The van der Waals surface area contributed by atoms with Crippen molar-refractivity contribution < 1.29 is 19.1 Å². The van der Waals surface area contributed by atoms with Gasteiger partial charge in [0.2, 0.25) is 0 Å². The summed E-state index contributed by atoms with van der Waals surface area (Å²) < 4.78 is 9.79. The number of para-hydroxylation sites is 1. The maximum absolute atomic E-state index is 12.2. The number of rotatable bonds is 5. The van der Waals surface area contributed by atoms with Gasteiger partial charge < -0.3 is 14.5 Å². The number of benzene rings is 2. The molecule has 0 atom stereocenters. The average Bonchev–Trinajstić information content (AvgIpc) is 3.05. The molecule has 0 fully saturated rings. The van der Waals surface area contributed by atoms with Crippen LogP contribution in [-0.2, 0) is 9.47 Å². The standard InChI is InChI=1S/C20H18N2O4/c1-3-26-20(24)18-17(15-6-4-5-7-16(15)22-18)21-12-13-8-10-14(11-9-13)19(23)25-2/h4-12,22H,3H2,1-2H3. The van der Waals surface area contributed by atoms with Gasteiger partial charge in [0.05, 0.1) is 19.3 Å². The van der Waals surface area contributed by atoms with E-state index >= 15 is 0 Å². The Morgan fingerprint density at radius 3 is 2.50 bits per heavy atom. The van der Waals surface area contributed by atoms with Crippen LogP contribution < -0.4 is 0 Å². The number of methoxy groups -OCH3 is 1. The number of carbonyl (C=O) groups excluding carboxylic acids is 2. The summed E-state index contributed by atoms with van der Waals surface area (Å²) in [6.45, 7) is 2.04. The van der Waals surface area contributed by atoms with E-state index < -0.39 is 11.9 Å². The second-order valence-electron chi connectivity index (χ2n) is 5.49. The lowest BCUT2D eigenvalue weighted by Gasteiger charge is -2.01. The number of aliphatic imine (C=N–C) groups is 1. The number of aromatic nitrogens is 1. The molecule has 6 heteroatoms. The molecule has 0 unspecified atom stereocenters. The predicted molar refractivity (Wildman–Crippen MR) is 99.3 cm³/mol. The topological polar surface area (TPSA) is 80.8 Å². The fourth-order valence-electron chi connectivity index (χ4n) is 2.57. The summed E-state index contributed by atoms with van der Waals surface area (Å²) in [5, 5.41) is 0.831. The molecule has 2 aromatic carbocycles. The van der Waals surface area contributed by atoms with Gasteiger partial charge in [0, 0.05) is 17.1 Å². The highest BCUT2D eigenvalue weighted by Gasteiger charge is 2.18. The van der Waals surface area contributed by atoms with Gasteiger partial charge in [0.15, 0.2) is 5.69 Å². The highest BCUT2D eigenvalue weighted by atomic mass is 16.5. The summed E-state index contributed by atoms with van der Waals surface area (Å²) in [5.41, 5.74) is 2.90. The van der Waals surface area contributed by atoms with Crippen LogP contribution in [0, 0.1) is 0 Å². The van der Waals surface area contributed by atoms with Crippen molar-refractivity contribution in [2.45, 2.75) is 6.92 Å². The number of aromatic amines is 1. The summed E-state index contributed by atoms with van der Waals surface area (Å²) >= 11 is 0. The molecule has 3 rings (SSSR count). The van der Waals surface area contributed by atoms with E-state index in [4.69, 9.17) is 4.74 Å². The molecule has 0 aliphatic carbocycles. The zero-order valence-corrected chi connectivity index (χ0v) is 14.5. The van der Waals surface area contributed by atoms with Crippen LogP contribution in [0.25, 0.3) is 10.9 Å². The van der Waals surface area contributed by atoms with Gasteiger partial charge in [0.1, 0.15) is 5.69 Å². The second-order valence-corrected chi connectivity index (χ2v) is 5.49. The molecule has 1 N–H and O–H groups in total. The minimum absolute atomic E-state index is 0.284. The average molecular weight is 350 g/mol. The van der Waals surface area contributed by atoms with Gasteiger partial charge in [-0.3, -0.25) is 4.99 Å². The molecule has 3 aromatic rings. The highest BCUT2D eigenvalue weighted by Crippen LogP contribution is 2.30. The van der Waals surface area contributed by atoms with Crippen LogP contribution in [0.4, 0.5) is 5.69 Å². The normalized spacial score (nSPS) is 11.0. The molecular formula is C20H18N2O4. The fraction of sp³-hybridized carbons (Fsp3) is 0.150. The van der Waals surface area contributed by atoms with Crippen molar-refractivity contribution >= 4 is 34.7 Å². The first-order chi connectivity index (χ1) is 12.6. The number of hydrogen-bond acceptors (Lipinski definition) is 5. The van der Waals surface area contributed by atoms with Gasteiger partial charge in [-0.1, -0.05) is 30.3 Å². The lowest BCUT2D eigenvalue weighted by atomic mass is 10.1. The number of hydrogen-bond donors (Lipinski definition) is 1. The SMILES string of the molecule is CCOC(=O)c1[nH]c2ccccc2c1N=Cc1ccc(C(=O)OC)cc1. The van der Waals surface area contributed by atoms with Crippen molar-refractivity contribution in [1.29, 1.82) is 0 Å². The molecule has 132 valence electrons. The Labute approximate surface area is 150 Å². The molecule has 0 spiro atoms. The maximum atomic E-state index is 12.2. The first-order valence-electron chi connectivity index (χ1n) is 8.14. The highest BCUT2D eigenvalue weighted by molar-refractivity contribution is 6.06. The van der Waals surface area contributed by atoms with Gasteiger partial charge in [-0.25, -0.2) is 9.59 Å². The van der Waals surface area contributed by atoms with Crippen LogP contribution in [0.3, 0.4) is 0 Å². The quantitative estimate of drug-likeness (QED) is 0.559. The van der Waals surface area contributed by atoms with E-state index in [1.807, 2.05) is 24.3 Å². The maximum Gasteiger partial charge on any atom is 0.357 e. The Balaban J connectivity index is 1.96. The van der Waals surface area contributed by atoms with Crippen LogP contribution in [-0.4, -0.2) is 36.9 Å².